The Morgan fingerprint density at radius 2 is 2.00 bits per heavy atom. The fraction of sp³-hybridized carbons (Fsp3) is 0.421. The third-order valence-electron chi connectivity index (χ3n) is 4.05. The predicted octanol–water partition coefficient (Wildman–Crippen LogP) is 3.01. The van der Waals surface area contributed by atoms with Gasteiger partial charge in [-0.25, -0.2) is 9.36 Å². The second kappa shape index (κ2) is 7.41. The molecule has 148 valence electrons. The minimum absolute atomic E-state index is 0.0176. The van der Waals surface area contributed by atoms with Crippen molar-refractivity contribution < 1.29 is 14.3 Å². The number of carbonyl (C=O) groups is 2. The lowest BCUT2D eigenvalue weighted by atomic mass is 9.98. The van der Waals surface area contributed by atoms with Crippen molar-refractivity contribution in [3.8, 4) is 0 Å². The van der Waals surface area contributed by atoms with E-state index in [-0.39, 0.29) is 24.6 Å². The maximum atomic E-state index is 12.5. The van der Waals surface area contributed by atoms with Gasteiger partial charge in [-0.1, -0.05) is 5.21 Å². The molecule has 0 atom stereocenters. The van der Waals surface area contributed by atoms with E-state index in [4.69, 9.17) is 4.74 Å². The number of rotatable bonds is 5. The summed E-state index contributed by atoms with van der Waals surface area (Å²) >= 11 is 0. The zero-order chi connectivity index (χ0) is 20.5. The largest absolute Gasteiger partial charge is 0.442 e. The first-order chi connectivity index (χ1) is 13.1. The summed E-state index contributed by atoms with van der Waals surface area (Å²) in [4.78, 5) is 24.3. The van der Waals surface area contributed by atoms with Crippen LogP contribution in [-0.2, 0) is 16.3 Å². The van der Waals surface area contributed by atoms with Crippen molar-refractivity contribution in [3.63, 3.8) is 0 Å². The maximum absolute atomic E-state index is 12.5. The van der Waals surface area contributed by atoms with Crippen molar-refractivity contribution in [2.75, 3.05) is 5.32 Å². The number of carbonyl (C=O) groups excluding carboxylic acids is 2. The quantitative estimate of drug-likeness (QED) is 0.678. The Morgan fingerprint density at radius 3 is 2.68 bits per heavy atom. The average Bonchev–Trinajstić information content (AvgIpc) is 3.24. The Kier molecular flexibility index (Phi) is 5.17. The van der Waals surface area contributed by atoms with Crippen LogP contribution in [0.5, 0.6) is 0 Å². The van der Waals surface area contributed by atoms with E-state index in [1.54, 1.807) is 43.8 Å². The highest BCUT2D eigenvalue weighted by Crippen LogP contribution is 2.18. The lowest BCUT2D eigenvalue weighted by molar-refractivity contribution is -0.157. The second-order valence-electron chi connectivity index (χ2n) is 7.86. The van der Waals surface area contributed by atoms with Gasteiger partial charge in [0.15, 0.2) is 6.73 Å². The normalized spacial score (nSPS) is 11.8. The molecular weight excluding hydrogens is 360 g/mol. The summed E-state index contributed by atoms with van der Waals surface area (Å²) in [6.07, 6.45) is 3.10. The van der Waals surface area contributed by atoms with Crippen molar-refractivity contribution >= 4 is 28.6 Å². The Balaban J connectivity index is 1.66. The van der Waals surface area contributed by atoms with E-state index >= 15 is 0 Å². The molecule has 1 amide bonds. The topological polar surface area (TPSA) is 104 Å². The molecular formula is C19H24N6O3. The van der Waals surface area contributed by atoms with E-state index in [1.807, 2.05) is 19.9 Å². The van der Waals surface area contributed by atoms with Gasteiger partial charge < -0.3 is 10.1 Å². The number of hydrogen-bond donors (Lipinski definition) is 1. The number of esters is 1. The molecule has 9 nitrogen and oxygen atoms in total. The number of nitrogens with zero attached hydrogens (tertiary/aromatic N) is 5. The smallest absolute Gasteiger partial charge is 0.313 e. The number of hydrogen-bond acceptors (Lipinski definition) is 6. The van der Waals surface area contributed by atoms with Crippen LogP contribution in [0.4, 0.5) is 5.69 Å². The van der Waals surface area contributed by atoms with Crippen LogP contribution < -0.4 is 5.32 Å². The van der Waals surface area contributed by atoms with Gasteiger partial charge in [0, 0.05) is 11.6 Å². The number of aromatic nitrogens is 5. The van der Waals surface area contributed by atoms with Crippen molar-refractivity contribution in [1.82, 2.24) is 24.8 Å². The summed E-state index contributed by atoms with van der Waals surface area (Å²) in [5, 5.41) is 15.1. The Labute approximate surface area is 162 Å². The molecule has 1 aromatic carbocycles. The molecule has 3 aromatic rings. The standard InChI is InChI=1S/C19H24N6O3/c1-12(2)25-16-7-6-13(8-15(16)22-23-25)17(26)21-14-9-20-24(10-14)11-28-18(27)19(3,4)5/h6-10,12H,11H2,1-5H3,(H,21,26). The Hall–Kier alpha value is -3.23. The van der Waals surface area contributed by atoms with Crippen LogP contribution in [-0.4, -0.2) is 36.7 Å². The first kappa shape index (κ1) is 19.5. The fourth-order valence-corrected chi connectivity index (χ4v) is 2.51. The van der Waals surface area contributed by atoms with Gasteiger partial charge in [-0.15, -0.1) is 5.10 Å². The van der Waals surface area contributed by atoms with Gasteiger partial charge in [-0.2, -0.15) is 5.10 Å². The van der Waals surface area contributed by atoms with Crippen LogP contribution in [0.15, 0.2) is 30.6 Å². The van der Waals surface area contributed by atoms with Gasteiger partial charge in [0.05, 0.1) is 29.0 Å². The van der Waals surface area contributed by atoms with Crippen LogP contribution in [0, 0.1) is 5.41 Å². The molecule has 0 aliphatic carbocycles. The third kappa shape index (κ3) is 4.19. The fourth-order valence-electron chi connectivity index (χ4n) is 2.51. The van der Waals surface area contributed by atoms with Crippen molar-refractivity contribution in [2.45, 2.75) is 47.4 Å². The monoisotopic (exact) mass is 384 g/mol. The van der Waals surface area contributed by atoms with E-state index in [0.29, 0.717) is 16.8 Å². The molecule has 0 radical (unpaired) electrons. The third-order valence-corrected chi connectivity index (χ3v) is 4.05. The van der Waals surface area contributed by atoms with E-state index < -0.39 is 5.41 Å². The molecule has 3 rings (SSSR count). The molecule has 0 aliphatic rings. The van der Waals surface area contributed by atoms with E-state index in [2.05, 4.69) is 20.7 Å². The van der Waals surface area contributed by atoms with Gasteiger partial charge in [-0.3, -0.25) is 9.59 Å². The average molecular weight is 384 g/mol. The summed E-state index contributed by atoms with van der Waals surface area (Å²) in [5.74, 6) is -0.608. The van der Waals surface area contributed by atoms with Gasteiger partial charge in [0.25, 0.3) is 5.91 Å². The number of fused-ring (bicyclic) bond motifs is 1. The van der Waals surface area contributed by atoms with Crippen molar-refractivity contribution in [2.24, 2.45) is 5.41 Å². The predicted molar refractivity (Wildman–Crippen MR) is 104 cm³/mol. The van der Waals surface area contributed by atoms with Crippen LogP contribution in [0.3, 0.4) is 0 Å². The van der Waals surface area contributed by atoms with E-state index in [1.165, 1.54) is 10.9 Å². The van der Waals surface area contributed by atoms with Gasteiger partial charge >= 0.3 is 5.97 Å². The highest BCUT2D eigenvalue weighted by Gasteiger charge is 2.23. The molecule has 9 heteroatoms. The highest BCUT2D eigenvalue weighted by atomic mass is 16.5. The molecule has 0 saturated heterocycles. The van der Waals surface area contributed by atoms with E-state index in [0.717, 1.165) is 5.52 Å². The van der Waals surface area contributed by atoms with Gasteiger partial charge in [0.1, 0.15) is 5.52 Å². The van der Waals surface area contributed by atoms with Crippen LogP contribution in [0.25, 0.3) is 11.0 Å². The van der Waals surface area contributed by atoms with E-state index in [9.17, 15) is 9.59 Å². The molecule has 0 saturated carbocycles. The Bertz CT molecular complexity index is 1010. The summed E-state index contributed by atoms with van der Waals surface area (Å²) in [6.45, 7) is 9.36. The first-order valence-corrected chi connectivity index (χ1v) is 9.01. The molecule has 0 unspecified atom stereocenters. The lowest BCUT2D eigenvalue weighted by Crippen LogP contribution is -2.24. The molecule has 0 bridgehead atoms. The molecule has 0 fully saturated rings. The highest BCUT2D eigenvalue weighted by molar-refractivity contribution is 6.05. The molecule has 2 aromatic heterocycles. The minimum atomic E-state index is -0.583. The molecule has 28 heavy (non-hydrogen) atoms. The van der Waals surface area contributed by atoms with Gasteiger partial charge in [-0.05, 0) is 52.8 Å². The summed E-state index contributed by atoms with van der Waals surface area (Å²) in [5.41, 5.74) is 1.92. The number of ether oxygens (including phenoxy) is 1. The van der Waals surface area contributed by atoms with Gasteiger partial charge in [0.2, 0.25) is 0 Å². The number of nitrogens with one attached hydrogen (secondary N) is 1. The molecule has 0 aliphatic heterocycles. The number of amides is 1. The summed E-state index contributed by atoms with van der Waals surface area (Å²) in [6, 6.07) is 5.45. The number of anilines is 1. The molecule has 0 spiro atoms. The van der Waals surface area contributed by atoms with Crippen LogP contribution >= 0.6 is 0 Å². The molecule has 1 N–H and O–H groups in total. The zero-order valence-electron chi connectivity index (χ0n) is 16.6. The summed E-state index contributed by atoms with van der Waals surface area (Å²) < 4.78 is 8.44. The maximum Gasteiger partial charge on any atom is 0.313 e. The van der Waals surface area contributed by atoms with Crippen molar-refractivity contribution in [1.29, 1.82) is 0 Å². The zero-order valence-corrected chi connectivity index (χ0v) is 16.6. The lowest BCUT2D eigenvalue weighted by Gasteiger charge is -2.16. The molecule has 2 heterocycles. The SMILES string of the molecule is CC(C)n1nnc2cc(C(=O)Nc3cnn(COC(=O)C(C)(C)C)c3)ccc21. The second-order valence-corrected chi connectivity index (χ2v) is 7.86. The first-order valence-electron chi connectivity index (χ1n) is 9.01. The Morgan fingerprint density at radius 1 is 1.25 bits per heavy atom. The van der Waals surface area contributed by atoms with Crippen LogP contribution in [0.1, 0.15) is 51.0 Å². The number of benzene rings is 1. The van der Waals surface area contributed by atoms with Crippen LogP contribution in [0.2, 0.25) is 0 Å². The minimum Gasteiger partial charge on any atom is -0.442 e. The van der Waals surface area contributed by atoms with Crippen molar-refractivity contribution in [3.05, 3.63) is 36.2 Å². The summed E-state index contributed by atoms with van der Waals surface area (Å²) in [7, 11) is 0.